The van der Waals surface area contributed by atoms with Gasteiger partial charge in [-0.15, -0.1) is 0 Å². The number of hydrogen-bond donors (Lipinski definition) is 3. The number of H-pyrrole nitrogens is 1. The maximum Gasteiger partial charge on any atom is 0.324 e. The highest BCUT2D eigenvalue weighted by atomic mass is 16.5. The fourth-order valence-corrected chi connectivity index (χ4v) is 8.47. The minimum absolute atomic E-state index is 0.0832. The predicted octanol–water partition coefficient (Wildman–Crippen LogP) is 10.4. The van der Waals surface area contributed by atoms with Crippen LogP contribution in [0.4, 0.5) is 5.82 Å². The lowest BCUT2D eigenvalue weighted by Crippen LogP contribution is -2.24. The third kappa shape index (κ3) is 10.3. The Labute approximate surface area is 384 Å². The van der Waals surface area contributed by atoms with Crippen molar-refractivity contribution in [1.82, 2.24) is 20.0 Å². The Hall–Kier alpha value is -7.67. The summed E-state index contributed by atoms with van der Waals surface area (Å²) in [6.07, 6.45) is 13.9. The van der Waals surface area contributed by atoms with Gasteiger partial charge in [-0.3, -0.25) is 19.5 Å². The van der Waals surface area contributed by atoms with Crippen molar-refractivity contribution < 1.29 is 38.4 Å². The number of hydrogen-bond acceptors (Lipinski definition) is 11. The van der Waals surface area contributed by atoms with Crippen molar-refractivity contribution in [1.29, 1.82) is 0 Å². The number of nitrogens with two attached hydrogens (primary N) is 1. The third-order valence-electron chi connectivity index (χ3n) is 11.8. The van der Waals surface area contributed by atoms with Gasteiger partial charge in [0.05, 0.1) is 45.4 Å². The second kappa shape index (κ2) is 21.8. The molecule has 3 aliphatic rings. The molecule has 0 bridgehead atoms. The molecule has 66 heavy (non-hydrogen) atoms. The summed E-state index contributed by atoms with van der Waals surface area (Å²) in [5, 5.41) is 23.0. The highest BCUT2D eigenvalue weighted by molar-refractivity contribution is 6.22. The number of carbonyl (C=O) groups is 3. The Morgan fingerprint density at radius 2 is 1.21 bits per heavy atom. The van der Waals surface area contributed by atoms with Gasteiger partial charge in [0.25, 0.3) is 5.91 Å². The quantitative estimate of drug-likeness (QED) is 0.0880. The van der Waals surface area contributed by atoms with Crippen LogP contribution in [0.3, 0.4) is 0 Å². The number of esters is 2. The minimum Gasteiger partial charge on any atom is -0.511 e. The first-order chi connectivity index (χ1) is 32.2. The molecule has 0 saturated heterocycles. The van der Waals surface area contributed by atoms with Crippen LogP contribution in [0.15, 0.2) is 127 Å². The van der Waals surface area contributed by atoms with Crippen molar-refractivity contribution in [2.24, 2.45) is 0 Å². The van der Waals surface area contributed by atoms with Crippen LogP contribution in [0, 0.1) is 0 Å². The van der Waals surface area contributed by atoms with E-state index in [1.807, 2.05) is 48.5 Å². The smallest absolute Gasteiger partial charge is 0.324 e. The number of nitrogens with zero attached hydrogens (tertiary/aromatic N) is 3. The number of aromatic amines is 1. The summed E-state index contributed by atoms with van der Waals surface area (Å²) in [5.74, 6) is -0.627. The molecule has 0 radical (unpaired) electrons. The van der Waals surface area contributed by atoms with Gasteiger partial charge in [-0.05, 0) is 97.9 Å². The molecular formula is C53H55N5O8. The largest absolute Gasteiger partial charge is 0.511 e. The number of ether oxygens (including phenoxy) is 4. The highest BCUT2D eigenvalue weighted by Gasteiger charge is 2.34. The number of aromatic nitrogens is 4. The van der Waals surface area contributed by atoms with Gasteiger partial charge >= 0.3 is 11.9 Å². The number of aliphatic hydroxyl groups excluding tert-OH is 1. The number of anilines is 1. The molecule has 4 aromatic carbocycles. The molecule has 13 heteroatoms. The van der Waals surface area contributed by atoms with E-state index in [1.54, 1.807) is 55.6 Å². The zero-order valence-electron chi connectivity index (χ0n) is 37.7. The molecule has 0 fully saturated rings. The molecule has 0 unspecified atom stereocenters. The number of rotatable bonds is 10. The molecule has 0 amide bonds. The van der Waals surface area contributed by atoms with Crippen LogP contribution >= 0.6 is 0 Å². The summed E-state index contributed by atoms with van der Waals surface area (Å²) in [4.78, 5) is 36.5. The Kier molecular flexibility index (Phi) is 15.3. The van der Waals surface area contributed by atoms with E-state index in [-0.39, 0.29) is 18.1 Å². The van der Waals surface area contributed by atoms with Gasteiger partial charge in [0.1, 0.15) is 23.0 Å². The lowest BCUT2D eigenvalue weighted by Gasteiger charge is -2.20. The Bertz CT molecular complexity index is 2720. The Morgan fingerprint density at radius 3 is 1.73 bits per heavy atom. The van der Waals surface area contributed by atoms with Crippen LogP contribution in [-0.4, -0.2) is 71.4 Å². The summed E-state index contributed by atoms with van der Waals surface area (Å²) in [6, 6.07) is 33.9. The van der Waals surface area contributed by atoms with E-state index >= 15 is 0 Å². The second-order valence-corrected chi connectivity index (χ2v) is 15.9. The van der Waals surface area contributed by atoms with E-state index in [4.69, 9.17) is 20.3 Å². The SMILES string of the molecule is COC(=O)C(C(=O)OC)c1ccc(OC)cc1.COc1ccc(C2=C(O)Cc3c(C4=CCCCC4)c(-c4ccccc4)nn3C2=O)cc1.Nc1n[nH]c(-c2ccccc2)c1C1=CCCCC1. The molecule has 0 spiro atoms. The van der Waals surface area contributed by atoms with E-state index in [1.165, 1.54) is 56.4 Å². The number of nitrogen functional groups attached to an aromatic ring is 1. The van der Waals surface area contributed by atoms with Crippen LogP contribution < -0.4 is 15.2 Å². The van der Waals surface area contributed by atoms with E-state index in [0.717, 1.165) is 71.4 Å². The monoisotopic (exact) mass is 889 g/mol. The number of methoxy groups -OCH3 is 4. The van der Waals surface area contributed by atoms with E-state index in [0.29, 0.717) is 34.0 Å². The molecule has 2 aliphatic carbocycles. The van der Waals surface area contributed by atoms with Crippen molar-refractivity contribution >= 4 is 40.4 Å². The number of aliphatic hydroxyl groups is 1. The van der Waals surface area contributed by atoms with Gasteiger partial charge in [0, 0.05) is 28.7 Å². The highest BCUT2D eigenvalue weighted by Crippen LogP contribution is 2.40. The van der Waals surface area contributed by atoms with Crippen molar-refractivity contribution in [3.63, 3.8) is 0 Å². The number of fused-ring (bicyclic) bond motifs is 1. The molecule has 9 rings (SSSR count). The number of benzene rings is 4. The Morgan fingerprint density at radius 1 is 0.682 bits per heavy atom. The zero-order valence-corrected chi connectivity index (χ0v) is 37.7. The fourth-order valence-electron chi connectivity index (χ4n) is 8.47. The average molecular weight is 890 g/mol. The molecular weight excluding hydrogens is 835 g/mol. The molecule has 2 aromatic heterocycles. The molecule has 0 saturated carbocycles. The lowest BCUT2D eigenvalue weighted by atomic mass is 9.88. The topological polar surface area (TPSA) is 181 Å². The van der Waals surface area contributed by atoms with Crippen LogP contribution in [0.2, 0.25) is 0 Å². The minimum atomic E-state index is -1.06. The molecule has 3 heterocycles. The van der Waals surface area contributed by atoms with Gasteiger partial charge in [0.15, 0.2) is 11.7 Å². The summed E-state index contributed by atoms with van der Waals surface area (Å²) < 4.78 is 20.8. The zero-order chi connectivity index (χ0) is 46.6. The van der Waals surface area contributed by atoms with Crippen molar-refractivity contribution in [2.45, 2.75) is 63.7 Å². The van der Waals surface area contributed by atoms with E-state index < -0.39 is 17.9 Å². The van der Waals surface area contributed by atoms with Crippen LogP contribution in [-0.2, 0) is 25.5 Å². The molecule has 6 aromatic rings. The van der Waals surface area contributed by atoms with Crippen molar-refractivity contribution in [3.8, 4) is 34.0 Å². The first kappa shape index (κ1) is 46.3. The van der Waals surface area contributed by atoms with Gasteiger partial charge in [0.2, 0.25) is 0 Å². The standard InChI is InChI=1S/C26H24N2O3.C15H17N3.C12H14O5/c1-31-20-14-12-18(13-15-20)24-22(29)16-21-23(17-8-4-2-5-9-17)25(27-28(21)26(24)30)19-10-6-3-7-11-19;16-15-13(11-7-3-1-4-8-11)14(17-18-15)12-9-5-2-6-10-12;1-15-9-6-4-8(5-7-9)10(11(13)16-2)12(14)17-3/h3,6-8,10-15,29H,2,4-5,9,16H2,1H3;2,5-7,9-10H,1,3-4,8H2,(H3,16,17,18);4-7,10H,1-3H3. The predicted molar refractivity (Wildman–Crippen MR) is 256 cm³/mol. The normalized spacial score (nSPS) is 14.3. The first-order valence-corrected chi connectivity index (χ1v) is 22.0. The summed E-state index contributed by atoms with van der Waals surface area (Å²) in [5.41, 5.74) is 16.9. The molecule has 1 aliphatic heterocycles. The first-order valence-electron chi connectivity index (χ1n) is 22.0. The second-order valence-electron chi connectivity index (χ2n) is 15.9. The van der Waals surface area contributed by atoms with Crippen LogP contribution in [0.5, 0.6) is 11.5 Å². The van der Waals surface area contributed by atoms with E-state index in [2.05, 4.69) is 44.0 Å². The average Bonchev–Trinajstić information content (AvgIpc) is 3.96. The summed E-state index contributed by atoms with van der Waals surface area (Å²) >= 11 is 0. The van der Waals surface area contributed by atoms with Crippen LogP contribution in [0.1, 0.15) is 90.0 Å². The maximum absolute atomic E-state index is 13.5. The van der Waals surface area contributed by atoms with Gasteiger partial charge in [-0.1, -0.05) is 97.1 Å². The maximum atomic E-state index is 13.5. The number of carbonyl (C=O) groups excluding carboxylic acids is 3. The number of nitrogens with one attached hydrogen (secondary N) is 1. The fraction of sp³-hybridized carbons (Fsp3) is 0.264. The molecule has 340 valence electrons. The summed E-state index contributed by atoms with van der Waals surface area (Å²) in [7, 11) is 5.58. The van der Waals surface area contributed by atoms with E-state index in [9.17, 15) is 19.5 Å². The lowest BCUT2D eigenvalue weighted by molar-refractivity contribution is -0.154. The molecule has 0 atom stereocenters. The van der Waals surface area contributed by atoms with Crippen molar-refractivity contribution in [3.05, 3.63) is 155 Å². The van der Waals surface area contributed by atoms with Crippen molar-refractivity contribution in [2.75, 3.05) is 34.2 Å². The third-order valence-corrected chi connectivity index (χ3v) is 11.8. The van der Waals surface area contributed by atoms with Gasteiger partial charge in [-0.2, -0.15) is 14.9 Å². The Balaban J connectivity index is 0.000000159. The van der Waals surface area contributed by atoms with Gasteiger partial charge < -0.3 is 29.8 Å². The number of allylic oxidation sites excluding steroid dienone is 6. The molecule has 4 N–H and O–H groups in total. The van der Waals surface area contributed by atoms with Gasteiger partial charge in [-0.25, -0.2) is 0 Å². The summed E-state index contributed by atoms with van der Waals surface area (Å²) in [6.45, 7) is 0. The van der Waals surface area contributed by atoms with Crippen LogP contribution in [0.25, 0.3) is 39.2 Å². The molecule has 13 nitrogen and oxygen atoms in total.